The van der Waals surface area contributed by atoms with Crippen LogP contribution in [0.3, 0.4) is 0 Å². The maximum absolute atomic E-state index is 13.2. The summed E-state index contributed by atoms with van der Waals surface area (Å²) in [5.74, 6) is -1.86. The van der Waals surface area contributed by atoms with Crippen LogP contribution in [0.2, 0.25) is 0 Å². The molecule has 0 aliphatic heterocycles. The van der Waals surface area contributed by atoms with E-state index in [2.05, 4.69) is 15.7 Å². The zero-order valence-electron chi connectivity index (χ0n) is 19.0. The van der Waals surface area contributed by atoms with Gasteiger partial charge in [-0.25, -0.2) is 0 Å². The van der Waals surface area contributed by atoms with E-state index in [1.165, 1.54) is 43.3 Å². The molecule has 0 atom stereocenters. The lowest BCUT2D eigenvalue weighted by Gasteiger charge is -2.19. The summed E-state index contributed by atoms with van der Waals surface area (Å²) >= 11 is 0. The van der Waals surface area contributed by atoms with Crippen LogP contribution in [0, 0.1) is 18.3 Å². The number of aromatic nitrogens is 1. The number of pyridine rings is 1. The number of carbonyl (C=O) groups excluding carboxylic acids is 2. The van der Waals surface area contributed by atoms with E-state index in [-0.39, 0.29) is 50.5 Å². The summed E-state index contributed by atoms with van der Waals surface area (Å²) in [5, 5.41) is 38.2. The zero-order chi connectivity index (χ0) is 25.3. The molecule has 0 bridgehead atoms. The highest BCUT2D eigenvalue weighted by Gasteiger charge is 2.33. The largest absolute Gasteiger partial charge is 0.507 e. The van der Waals surface area contributed by atoms with Crippen molar-refractivity contribution in [2.45, 2.75) is 26.7 Å². The Bertz CT molecular complexity index is 1510. The number of fused-ring (bicyclic) bond motifs is 2. The van der Waals surface area contributed by atoms with E-state index in [0.717, 1.165) is 17.5 Å². The number of nitrogens with one attached hydrogen (secondary N) is 1. The van der Waals surface area contributed by atoms with Crippen LogP contribution in [-0.4, -0.2) is 33.0 Å². The van der Waals surface area contributed by atoms with Gasteiger partial charge in [0.25, 0.3) is 5.56 Å². The molecule has 1 aliphatic carbocycles. The molecule has 0 spiro atoms. The Morgan fingerprint density at radius 2 is 1.66 bits per heavy atom. The summed E-state index contributed by atoms with van der Waals surface area (Å²) in [4.78, 5) is 39.2. The van der Waals surface area contributed by atoms with Gasteiger partial charge in [0.1, 0.15) is 17.4 Å². The Balaban J connectivity index is 1.84. The zero-order valence-corrected chi connectivity index (χ0v) is 19.0. The molecule has 0 saturated carbocycles. The molecule has 10 nitrogen and oxygen atoms in total. The molecule has 1 aliphatic rings. The lowest BCUT2D eigenvalue weighted by molar-refractivity contribution is 0.0977. The summed E-state index contributed by atoms with van der Waals surface area (Å²) in [6, 6.07) is 10.5. The van der Waals surface area contributed by atoms with Crippen LogP contribution in [0.25, 0.3) is 0 Å². The van der Waals surface area contributed by atoms with E-state index in [4.69, 9.17) is 0 Å². The monoisotopic (exact) mass is 471 g/mol. The summed E-state index contributed by atoms with van der Waals surface area (Å²) in [7, 11) is 0. The number of ketones is 2. The van der Waals surface area contributed by atoms with Gasteiger partial charge >= 0.3 is 0 Å². The number of unbranched alkanes of at least 4 members (excludes halogenated alkanes) is 1. The fourth-order valence-corrected chi connectivity index (χ4v) is 3.92. The predicted octanol–water partition coefficient (Wildman–Crippen LogP) is 3.97. The van der Waals surface area contributed by atoms with Crippen LogP contribution in [0.1, 0.15) is 62.7 Å². The molecule has 3 aromatic rings. The van der Waals surface area contributed by atoms with Gasteiger partial charge in [-0.2, -0.15) is 9.94 Å². The second kappa shape index (κ2) is 9.23. The van der Waals surface area contributed by atoms with Crippen molar-refractivity contribution < 1.29 is 19.8 Å². The number of carbonyl (C=O) groups is 2. The maximum Gasteiger partial charge on any atom is 0.300 e. The quantitative estimate of drug-likeness (QED) is 0.283. The van der Waals surface area contributed by atoms with Gasteiger partial charge in [0.2, 0.25) is 5.88 Å². The predicted molar refractivity (Wildman–Crippen MR) is 127 cm³/mol. The van der Waals surface area contributed by atoms with Gasteiger partial charge in [0.05, 0.1) is 16.8 Å². The standard InChI is InChI=1S/C25H21N5O5/c1-3-4-11-27-30-24(34)16(12-26)13(2)21(25(30)35)29-28-17-9-5-7-14-19(17)22(32)15-8-6-10-18(31)20(15)23(14)33/h5-10,27,31,34H,3-4,11H2,1-2H3. The first-order valence-electron chi connectivity index (χ1n) is 10.9. The van der Waals surface area contributed by atoms with Crippen LogP contribution in [0.5, 0.6) is 11.6 Å². The molecule has 1 heterocycles. The third-order valence-corrected chi connectivity index (χ3v) is 5.77. The average Bonchev–Trinajstić information content (AvgIpc) is 2.84. The molecule has 0 saturated heterocycles. The average molecular weight is 471 g/mol. The summed E-state index contributed by atoms with van der Waals surface area (Å²) < 4.78 is 0.851. The minimum Gasteiger partial charge on any atom is -0.507 e. The van der Waals surface area contributed by atoms with Crippen molar-refractivity contribution in [1.82, 2.24) is 4.68 Å². The first-order valence-corrected chi connectivity index (χ1v) is 10.9. The van der Waals surface area contributed by atoms with E-state index < -0.39 is 23.0 Å². The molecule has 0 fully saturated rings. The molecule has 0 amide bonds. The van der Waals surface area contributed by atoms with E-state index in [1.54, 1.807) is 0 Å². The van der Waals surface area contributed by atoms with Gasteiger partial charge in [-0.15, -0.1) is 10.2 Å². The van der Waals surface area contributed by atoms with Crippen LogP contribution in [0.4, 0.5) is 11.4 Å². The third-order valence-electron chi connectivity index (χ3n) is 5.77. The molecule has 0 radical (unpaired) electrons. The lowest BCUT2D eigenvalue weighted by Crippen LogP contribution is -2.30. The van der Waals surface area contributed by atoms with Crippen LogP contribution in [0.15, 0.2) is 51.4 Å². The van der Waals surface area contributed by atoms with Gasteiger partial charge in [0, 0.05) is 23.2 Å². The fraction of sp³-hybridized carbons (Fsp3) is 0.200. The number of nitrogens with zero attached hydrogens (tertiary/aromatic N) is 4. The van der Waals surface area contributed by atoms with Crippen molar-refractivity contribution in [2.24, 2.45) is 10.2 Å². The maximum atomic E-state index is 13.2. The Kier molecular flexibility index (Phi) is 6.16. The Morgan fingerprint density at radius 3 is 2.34 bits per heavy atom. The van der Waals surface area contributed by atoms with Crippen molar-refractivity contribution >= 4 is 22.9 Å². The van der Waals surface area contributed by atoms with Crippen molar-refractivity contribution in [3.63, 3.8) is 0 Å². The normalized spacial score (nSPS) is 12.4. The highest BCUT2D eigenvalue weighted by molar-refractivity contribution is 6.30. The van der Waals surface area contributed by atoms with Gasteiger partial charge in [-0.3, -0.25) is 14.4 Å². The Morgan fingerprint density at radius 1 is 1.00 bits per heavy atom. The minimum atomic E-state index is -0.721. The molecular weight excluding hydrogens is 450 g/mol. The molecule has 4 rings (SSSR count). The molecule has 35 heavy (non-hydrogen) atoms. The number of azo groups is 1. The molecule has 10 heteroatoms. The van der Waals surface area contributed by atoms with Crippen molar-refractivity contribution in [1.29, 1.82) is 5.26 Å². The minimum absolute atomic E-state index is 0.00214. The lowest BCUT2D eigenvalue weighted by atomic mass is 9.83. The second-order valence-corrected chi connectivity index (χ2v) is 7.94. The van der Waals surface area contributed by atoms with Crippen LogP contribution >= 0.6 is 0 Å². The van der Waals surface area contributed by atoms with Gasteiger partial charge in [-0.05, 0) is 25.5 Å². The van der Waals surface area contributed by atoms with Crippen LogP contribution < -0.4 is 11.0 Å². The van der Waals surface area contributed by atoms with Crippen molar-refractivity contribution in [2.75, 3.05) is 12.0 Å². The highest BCUT2D eigenvalue weighted by atomic mass is 16.3. The number of aromatic hydroxyl groups is 2. The molecule has 0 unspecified atom stereocenters. The highest BCUT2D eigenvalue weighted by Crippen LogP contribution is 2.37. The van der Waals surface area contributed by atoms with E-state index in [9.17, 15) is 29.9 Å². The van der Waals surface area contributed by atoms with Crippen molar-refractivity contribution in [3.8, 4) is 17.7 Å². The molecular formula is C25H21N5O5. The SMILES string of the molecule is CCCCNn1c(O)c(C#N)c(C)c(N=Nc2cccc3c2C(=O)c2cccc(O)c2C3=O)c1=O. The first-order chi connectivity index (χ1) is 16.8. The molecule has 1 aromatic heterocycles. The molecule has 2 aromatic carbocycles. The topological polar surface area (TPSA) is 157 Å². The van der Waals surface area contributed by atoms with Crippen molar-refractivity contribution in [3.05, 3.63) is 80.1 Å². The number of benzene rings is 2. The number of hydrogen-bond acceptors (Lipinski definition) is 9. The number of nitriles is 1. The van der Waals surface area contributed by atoms with Gasteiger partial charge < -0.3 is 15.6 Å². The first kappa shape index (κ1) is 23.4. The summed E-state index contributed by atoms with van der Waals surface area (Å²) in [6.45, 7) is 3.80. The fourth-order valence-electron chi connectivity index (χ4n) is 3.92. The Hall–Kier alpha value is -4.78. The number of hydrogen-bond donors (Lipinski definition) is 3. The molecule has 3 N–H and O–H groups in total. The molecule has 176 valence electrons. The smallest absolute Gasteiger partial charge is 0.300 e. The Labute approximate surface area is 199 Å². The second-order valence-electron chi connectivity index (χ2n) is 7.94. The summed E-state index contributed by atoms with van der Waals surface area (Å²) in [6.07, 6.45) is 1.57. The van der Waals surface area contributed by atoms with E-state index in [1.807, 2.05) is 13.0 Å². The van der Waals surface area contributed by atoms with E-state index >= 15 is 0 Å². The summed E-state index contributed by atoms with van der Waals surface area (Å²) in [5.41, 5.74) is 1.90. The van der Waals surface area contributed by atoms with Crippen LogP contribution in [-0.2, 0) is 0 Å². The van der Waals surface area contributed by atoms with Gasteiger partial charge in [-0.1, -0.05) is 37.6 Å². The van der Waals surface area contributed by atoms with E-state index in [0.29, 0.717) is 6.54 Å². The number of phenols is 1. The number of phenolic OH excluding ortho intramolecular Hbond substituents is 1. The third kappa shape index (κ3) is 3.83. The van der Waals surface area contributed by atoms with Gasteiger partial charge in [0.15, 0.2) is 17.3 Å². The number of rotatable bonds is 6.